The molecule has 0 N–H and O–H groups in total. The van der Waals surface area contributed by atoms with Crippen molar-refractivity contribution in [3.05, 3.63) is 22.4 Å². The summed E-state index contributed by atoms with van der Waals surface area (Å²) < 4.78 is 0. The molecule has 0 bridgehead atoms. The zero-order chi connectivity index (χ0) is 13.9. The molecule has 0 saturated carbocycles. The van der Waals surface area contributed by atoms with Crippen LogP contribution in [0.2, 0.25) is 0 Å². The molecule has 1 aromatic rings. The molecule has 1 fully saturated rings. The Morgan fingerprint density at radius 3 is 2.79 bits per heavy atom. The Bertz CT molecular complexity index is 469. The zero-order valence-corrected chi connectivity index (χ0v) is 12.2. The first-order valence-electron chi connectivity index (χ1n) is 6.46. The molecule has 102 valence electrons. The van der Waals surface area contributed by atoms with E-state index >= 15 is 0 Å². The highest BCUT2D eigenvalue weighted by atomic mass is 32.1. The third-order valence-electron chi connectivity index (χ3n) is 3.94. The molecular weight excluding hydrogens is 258 g/mol. The number of hydrogen-bond donors (Lipinski definition) is 0. The minimum absolute atomic E-state index is 0.0357. The van der Waals surface area contributed by atoms with Crippen molar-refractivity contribution in [2.45, 2.75) is 24.8 Å². The van der Waals surface area contributed by atoms with E-state index in [2.05, 4.69) is 18.0 Å². The maximum Gasteiger partial charge on any atom is 0.228 e. The van der Waals surface area contributed by atoms with E-state index in [-0.39, 0.29) is 5.91 Å². The Balaban J connectivity index is 2.06. The van der Waals surface area contributed by atoms with Crippen molar-refractivity contribution in [3.8, 4) is 6.07 Å². The van der Waals surface area contributed by atoms with Crippen molar-refractivity contribution in [2.75, 3.05) is 27.2 Å². The molecule has 0 spiro atoms. The molecule has 0 unspecified atom stereocenters. The van der Waals surface area contributed by atoms with Crippen LogP contribution >= 0.6 is 11.3 Å². The first kappa shape index (κ1) is 14.0. The molecule has 19 heavy (non-hydrogen) atoms. The fourth-order valence-corrected chi connectivity index (χ4v) is 3.13. The van der Waals surface area contributed by atoms with Gasteiger partial charge in [0.05, 0.1) is 12.5 Å². The fraction of sp³-hybridized carbons (Fsp3) is 0.571. The summed E-state index contributed by atoms with van der Waals surface area (Å²) in [7, 11) is 3.82. The fourth-order valence-electron chi connectivity index (χ4n) is 2.43. The number of rotatable bonds is 3. The second-order valence-electron chi connectivity index (χ2n) is 5.16. The molecule has 5 heteroatoms. The van der Waals surface area contributed by atoms with Crippen molar-refractivity contribution in [1.82, 2.24) is 9.80 Å². The van der Waals surface area contributed by atoms with Gasteiger partial charge < -0.3 is 9.80 Å². The van der Waals surface area contributed by atoms with Gasteiger partial charge in [-0.05, 0) is 31.3 Å². The predicted octanol–water partition coefficient (Wildman–Crippen LogP) is 1.74. The summed E-state index contributed by atoms with van der Waals surface area (Å²) in [6.07, 6.45) is 1.85. The minimum atomic E-state index is -0.624. The number of likely N-dealkylation sites (N-methyl/N-ethyl adjacent to an activating group) is 1. The first-order valence-corrected chi connectivity index (χ1v) is 7.34. The van der Waals surface area contributed by atoms with Crippen LogP contribution in [0.3, 0.4) is 0 Å². The minimum Gasteiger partial charge on any atom is -0.327 e. The summed E-state index contributed by atoms with van der Waals surface area (Å²) in [4.78, 5) is 17.2. The number of likely N-dealkylation sites (tertiary alicyclic amines) is 1. The Kier molecular flexibility index (Phi) is 4.23. The average Bonchev–Trinajstić information content (AvgIpc) is 2.92. The second kappa shape index (κ2) is 5.72. The van der Waals surface area contributed by atoms with Crippen LogP contribution in [-0.2, 0) is 11.2 Å². The molecule has 1 saturated heterocycles. The van der Waals surface area contributed by atoms with Crippen molar-refractivity contribution in [1.29, 1.82) is 5.26 Å². The summed E-state index contributed by atoms with van der Waals surface area (Å²) in [6, 6.07) is 6.29. The molecule has 0 atom stereocenters. The van der Waals surface area contributed by atoms with E-state index in [0.29, 0.717) is 6.42 Å². The highest BCUT2D eigenvalue weighted by Gasteiger charge is 2.39. The van der Waals surface area contributed by atoms with E-state index in [1.54, 1.807) is 23.3 Å². The Labute approximate surface area is 118 Å². The lowest BCUT2D eigenvalue weighted by Crippen LogP contribution is -2.54. The van der Waals surface area contributed by atoms with Gasteiger partial charge in [-0.2, -0.15) is 5.26 Å². The first-order chi connectivity index (χ1) is 9.07. The molecular formula is C14H19N3OS. The van der Waals surface area contributed by atoms with Gasteiger partial charge in [0.25, 0.3) is 0 Å². The summed E-state index contributed by atoms with van der Waals surface area (Å²) >= 11 is 1.58. The van der Waals surface area contributed by atoms with Gasteiger partial charge in [-0.25, -0.2) is 0 Å². The largest absolute Gasteiger partial charge is 0.327 e. The Morgan fingerprint density at radius 1 is 1.58 bits per heavy atom. The lowest BCUT2D eigenvalue weighted by Gasteiger charge is -2.41. The predicted molar refractivity (Wildman–Crippen MR) is 75.9 cm³/mol. The smallest absolute Gasteiger partial charge is 0.228 e. The van der Waals surface area contributed by atoms with E-state index < -0.39 is 5.54 Å². The highest BCUT2D eigenvalue weighted by molar-refractivity contribution is 7.10. The van der Waals surface area contributed by atoms with Crippen LogP contribution in [0.4, 0.5) is 0 Å². The summed E-state index contributed by atoms with van der Waals surface area (Å²) in [5.41, 5.74) is -0.624. The molecule has 0 aliphatic carbocycles. The standard InChI is InChI=1S/C14H19N3OS/c1-16-7-5-14(11-15,6-8-16)17(2)13(18)10-12-4-3-9-19-12/h3-4,9H,5-8,10H2,1-2H3. The number of hydrogen-bond acceptors (Lipinski definition) is 4. The van der Waals surface area contributed by atoms with Crippen LogP contribution in [0.15, 0.2) is 17.5 Å². The summed E-state index contributed by atoms with van der Waals surface area (Å²) in [6.45, 7) is 1.73. The van der Waals surface area contributed by atoms with Gasteiger partial charge in [-0.1, -0.05) is 6.07 Å². The summed E-state index contributed by atoms with van der Waals surface area (Å²) in [5.74, 6) is 0.0357. The van der Waals surface area contributed by atoms with E-state index in [9.17, 15) is 10.1 Å². The van der Waals surface area contributed by atoms with Crippen LogP contribution in [0.1, 0.15) is 17.7 Å². The van der Waals surface area contributed by atoms with Crippen LogP contribution in [0.5, 0.6) is 0 Å². The molecule has 1 aromatic heterocycles. The molecule has 1 aliphatic heterocycles. The number of amides is 1. The monoisotopic (exact) mass is 277 g/mol. The van der Waals surface area contributed by atoms with Crippen molar-refractivity contribution in [2.24, 2.45) is 0 Å². The van der Waals surface area contributed by atoms with Gasteiger partial charge in [-0.3, -0.25) is 4.79 Å². The maximum absolute atomic E-state index is 12.3. The molecule has 2 rings (SSSR count). The van der Waals surface area contributed by atoms with Crippen LogP contribution < -0.4 is 0 Å². The van der Waals surface area contributed by atoms with Gasteiger partial charge >= 0.3 is 0 Å². The normalized spacial score (nSPS) is 18.8. The third kappa shape index (κ3) is 2.96. The molecule has 0 aromatic carbocycles. The van der Waals surface area contributed by atoms with Gasteiger partial charge in [0.2, 0.25) is 5.91 Å². The van der Waals surface area contributed by atoms with Gasteiger partial charge in [0, 0.05) is 25.0 Å². The number of carbonyl (C=O) groups is 1. The van der Waals surface area contributed by atoms with E-state index in [1.165, 1.54) is 0 Å². The van der Waals surface area contributed by atoms with Crippen molar-refractivity contribution >= 4 is 17.2 Å². The van der Waals surface area contributed by atoms with Gasteiger partial charge in [0.15, 0.2) is 0 Å². The Hall–Kier alpha value is -1.38. The SMILES string of the molecule is CN1CCC(C#N)(N(C)C(=O)Cc2cccs2)CC1. The van der Waals surface area contributed by atoms with E-state index in [0.717, 1.165) is 30.8 Å². The third-order valence-corrected chi connectivity index (χ3v) is 4.82. The average molecular weight is 277 g/mol. The van der Waals surface area contributed by atoms with Gasteiger partial charge in [-0.15, -0.1) is 11.3 Å². The second-order valence-corrected chi connectivity index (χ2v) is 6.19. The van der Waals surface area contributed by atoms with Crippen molar-refractivity contribution in [3.63, 3.8) is 0 Å². The maximum atomic E-state index is 12.3. The molecule has 4 nitrogen and oxygen atoms in total. The van der Waals surface area contributed by atoms with Crippen LogP contribution in [-0.4, -0.2) is 48.4 Å². The summed E-state index contributed by atoms with van der Waals surface area (Å²) in [5, 5.41) is 11.5. The number of piperidine rings is 1. The number of thiophene rings is 1. The van der Waals surface area contributed by atoms with Crippen molar-refractivity contribution < 1.29 is 4.79 Å². The molecule has 1 amide bonds. The quantitative estimate of drug-likeness (QED) is 0.845. The number of nitrogens with zero attached hydrogens (tertiary/aromatic N) is 3. The lowest BCUT2D eigenvalue weighted by molar-refractivity contribution is -0.134. The van der Waals surface area contributed by atoms with Crippen LogP contribution in [0.25, 0.3) is 0 Å². The Morgan fingerprint density at radius 2 is 2.26 bits per heavy atom. The zero-order valence-electron chi connectivity index (χ0n) is 11.4. The van der Waals surface area contributed by atoms with E-state index in [4.69, 9.17) is 0 Å². The number of nitriles is 1. The van der Waals surface area contributed by atoms with Crippen LogP contribution in [0, 0.1) is 11.3 Å². The van der Waals surface area contributed by atoms with Gasteiger partial charge in [0.1, 0.15) is 5.54 Å². The molecule has 0 radical (unpaired) electrons. The lowest BCUT2D eigenvalue weighted by atomic mass is 9.87. The highest BCUT2D eigenvalue weighted by Crippen LogP contribution is 2.27. The number of carbonyl (C=O) groups excluding carboxylic acids is 1. The molecule has 1 aliphatic rings. The topological polar surface area (TPSA) is 47.3 Å². The van der Waals surface area contributed by atoms with E-state index in [1.807, 2.05) is 17.5 Å². The molecule has 2 heterocycles.